The molecule has 0 saturated carbocycles. The van der Waals surface area contributed by atoms with Gasteiger partial charge < -0.3 is 5.32 Å². The molecule has 0 radical (unpaired) electrons. The van der Waals surface area contributed by atoms with E-state index < -0.39 is 17.5 Å². The molecule has 2 nitrogen and oxygen atoms in total. The molecule has 102 valence electrons. The molecule has 0 spiro atoms. The van der Waals surface area contributed by atoms with Crippen molar-refractivity contribution < 1.29 is 13.2 Å². The maximum atomic E-state index is 13.0. The molecule has 1 N–H and O–H groups in total. The number of halogens is 4. The van der Waals surface area contributed by atoms with E-state index in [1.165, 1.54) is 6.07 Å². The molecular formula is C14H8ClF3N2. The highest BCUT2D eigenvalue weighted by Crippen LogP contribution is 2.23. The van der Waals surface area contributed by atoms with Crippen LogP contribution >= 0.6 is 11.6 Å². The van der Waals surface area contributed by atoms with Gasteiger partial charge in [0.1, 0.15) is 0 Å². The summed E-state index contributed by atoms with van der Waals surface area (Å²) in [6.07, 6.45) is 0. The summed E-state index contributed by atoms with van der Waals surface area (Å²) in [7, 11) is 0. The van der Waals surface area contributed by atoms with E-state index in [4.69, 9.17) is 16.9 Å². The van der Waals surface area contributed by atoms with Crippen LogP contribution in [0.3, 0.4) is 0 Å². The smallest absolute Gasteiger partial charge is 0.194 e. The Morgan fingerprint density at radius 3 is 2.30 bits per heavy atom. The van der Waals surface area contributed by atoms with E-state index in [0.29, 0.717) is 16.3 Å². The summed E-state index contributed by atoms with van der Waals surface area (Å²) in [6.45, 7) is 0.0692. The van der Waals surface area contributed by atoms with Gasteiger partial charge in [0, 0.05) is 6.54 Å². The van der Waals surface area contributed by atoms with Crippen LogP contribution in [-0.2, 0) is 6.54 Å². The standard InChI is InChI=1S/C14H8ClF3N2/c15-10-3-8(6-19)1-2-13(10)20-7-9-4-11(16)14(18)12(17)5-9/h1-5,20H,7H2. The molecule has 0 aromatic heterocycles. The topological polar surface area (TPSA) is 35.8 Å². The van der Waals surface area contributed by atoms with Gasteiger partial charge in [-0.15, -0.1) is 0 Å². The minimum atomic E-state index is -1.50. The lowest BCUT2D eigenvalue weighted by Gasteiger charge is -2.09. The number of hydrogen-bond donors (Lipinski definition) is 1. The molecule has 0 unspecified atom stereocenters. The fourth-order valence-electron chi connectivity index (χ4n) is 1.64. The van der Waals surface area contributed by atoms with Gasteiger partial charge in [-0.1, -0.05) is 11.6 Å². The largest absolute Gasteiger partial charge is 0.380 e. The van der Waals surface area contributed by atoms with Crippen LogP contribution in [0.1, 0.15) is 11.1 Å². The molecule has 2 aromatic rings. The Labute approximate surface area is 118 Å². The molecule has 0 amide bonds. The summed E-state index contributed by atoms with van der Waals surface area (Å²) in [4.78, 5) is 0. The first kappa shape index (κ1) is 14.2. The first-order chi connectivity index (χ1) is 9.51. The van der Waals surface area contributed by atoms with Gasteiger partial charge >= 0.3 is 0 Å². The molecule has 0 aliphatic carbocycles. The highest BCUT2D eigenvalue weighted by Gasteiger charge is 2.10. The number of nitrogens with one attached hydrogen (secondary N) is 1. The molecule has 2 aromatic carbocycles. The first-order valence-electron chi connectivity index (χ1n) is 5.58. The van der Waals surface area contributed by atoms with Crippen molar-refractivity contribution in [2.45, 2.75) is 6.54 Å². The number of anilines is 1. The van der Waals surface area contributed by atoms with Gasteiger partial charge in [0.25, 0.3) is 0 Å². The minimum absolute atomic E-state index is 0.0692. The number of nitrogens with zero attached hydrogens (tertiary/aromatic N) is 1. The SMILES string of the molecule is N#Cc1ccc(NCc2cc(F)c(F)c(F)c2)c(Cl)c1. The second kappa shape index (κ2) is 5.85. The number of hydrogen-bond acceptors (Lipinski definition) is 2. The van der Waals surface area contributed by atoms with Crippen molar-refractivity contribution in [3.05, 3.63) is 63.9 Å². The molecule has 2 rings (SSSR count). The Hall–Kier alpha value is -2.19. The third-order valence-corrected chi connectivity index (χ3v) is 2.94. The van der Waals surface area contributed by atoms with Crippen molar-refractivity contribution >= 4 is 17.3 Å². The van der Waals surface area contributed by atoms with E-state index in [0.717, 1.165) is 12.1 Å². The van der Waals surface area contributed by atoms with Crippen LogP contribution in [0.2, 0.25) is 5.02 Å². The fraction of sp³-hybridized carbons (Fsp3) is 0.0714. The molecule has 0 heterocycles. The monoisotopic (exact) mass is 296 g/mol. The third kappa shape index (κ3) is 3.03. The van der Waals surface area contributed by atoms with Crippen molar-refractivity contribution in [3.8, 4) is 6.07 Å². The Morgan fingerprint density at radius 1 is 1.10 bits per heavy atom. The van der Waals surface area contributed by atoms with E-state index in [1.54, 1.807) is 12.1 Å². The summed E-state index contributed by atoms with van der Waals surface area (Å²) in [5, 5.41) is 11.9. The highest BCUT2D eigenvalue weighted by atomic mass is 35.5. The Morgan fingerprint density at radius 2 is 1.75 bits per heavy atom. The predicted octanol–water partition coefficient (Wildman–Crippen LogP) is 4.24. The van der Waals surface area contributed by atoms with Crippen LogP contribution in [-0.4, -0.2) is 0 Å². The zero-order chi connectivity index (χ0) is 14.7. The van der Waals surface area contributed by atoms with Crippen LogP contribution in [0.4, 0.5) is 18.9 Å². The first-order valence-corrected chi connectivity index (χ1v) is 5.96. The Balaban J connectivity index is 2.15. The normalized spacial score (nSPS) is 10.2. The minimum Gasteiger partial charge on any atom is -0.380 e. The second-order valence-electron chi connectivity index (χ2n) is 4.03. The molecule has 0 aliphatic heterocycles. The lowest BCUT2D eigenvalue weighted by molar-refractivity contribution is 0.445. The van der Waals surface area contributed by atoms with Crippen molar-refractivity contribution in [2.24, 2.45) is 0 Å². The Kier molecular flexibility index (Phi) is 4.16. The van der Waals surface area contributed by atoms with E-state index >= 15 is 0 Å². The van der Waals surface area contributed by atoms with E-state index in [9.17, 15) is 13.2 Å². The van der Waals surface area contributed by atoms with Gasteiger partial charge in [-0.3, -0.25) is 0 Å². The number of rotatable bonds is 3. The maximum absolute atomic E-state index is 13.0. The van der Waals surface area contributed by atoms with Crippen molar-refractivity contribution in [2.75, 3.05) is 5.32 Å². The molecule has 0 atom stereocenters. The van der Waals surface area contributed by atoms with Gasteiger partial charge in [-0.2, -0.15) is 5.26 Å². The van der Waals surface area contributed by atoms with Crippen LogP contribution < -0.4 is 5.32 Å². The summed E-state index contributed by atoms with van der Waals surface area (Å²) >= 11 is 5.94. The van der Waals surface area contributed by atoms with E-state index in [1.807, 2.05) is 6.07 Å². The second-order valence-corrected chi connectivity index (χ2v) is 4.44. The van der Waals surface area contributed by atoms with Crippen molar-refractivity contribution in [1.29, 1.82) is 5.26 Å². The number of nitriles is 1. The van der Waals surface area contributed by atoms with Gasteiger partial charge in [0.15, 0.2) is 17.5 Å². The number of benzene rings is 2. The summed E-state index contributed by atoms with van der Waals surface area (Å²) in [5.41, 5.74) is 1.15. The fourth-order valence-corrected chi connectivity index (χ4v) is 1.88. The van der Waals surface area contributed by atoms with Gasteiger partial charge in [0.05, 0.1) is 22.3 Å². The molecule has 20 heavy (non-hydrogen) atoms. The molecule has 0 aliphatic rings. The summed E-state index contributed by atoms with van der Waals surface area (Å²) in [5.74, 6) is -3.98. The summed E-state index contributed by atoms with van der Waals surface area (Å²) < 4.78 is 38.9. The van der Waals surface area contributed by atoms with E-state index in [-0.39, 0.29) is 12.1 Å². The van der Waals surface area contributed by atoms with Crippen LogP contribution in [0.15, 0.2) is 30.3 Å². The zero-order valence-corrected chi connectivity index (χ0v) is 10.8. The molecule has 0 fully saturated rings. The van der Waals surface area contributed by atoms with Crippen LogP contribution in [0.5, 0.6) is 0 Å². The van der Waals surface area contributed by atoms with Gasteiger partial charge in [-0.25, -0.2) is 13.2 Å². The average molecular weight is 297 g/mol. The lowest BCUT2D eigenvalue weighted by atomic mass is 10.2. The molecule has 0 saturated heterocycles. The van der Waals surface area contributed by atoms with Crippen LogP contribution in [0.25, 0.3) is 0 Å². The van der Waals surface area contributed by atoms with E-state index in [2.05, 4.69) is 5.32 Å². The zero-order valence-electron chi connectivity index (χ0n) is 10.1. The molecular weight excluding hydrogens is 289 g/mol. The van der Waals surface area contributed by atoms with Crippen LogP contribution in [0, 0.1) is 28.8 Å². The van der Waals surface area contributed by atoms with Crippen molar-refractivity contribution in [3.63, 3.8) is 0 Å². The van der Waals surface area contributed by atoms with Gasteiger partial charge in [0.2, 0.25) is 0 Å². The molecule has 0 bridgehead atoms. The average Bonchev–Trinajstić information content (AvgIpc) is 2.43. The lowest BCUT2D eigenvalue weighted by Crippen LogP contribution is -2.03. The summed E-state index contributed by atoms with van der Waals surface area (Å²) in [6, 6.07) is 8.35. The highest BCUT2D eigenvalue weighted by molar-refractivity contribution is 6.33. The third-order valence-electron chi connectivity index (χ3n) is 2.62. The van der Waals surface area contributed by atoms with Crippen molar-refractivity contribution in [1.82, 2.24) is 0 Å². The van der Waals surface area contributed by atoms with Gasteiger partial charge in [-0.05, 0) is 35.9 Å². The Bertz CT molecular complexity index is 672. The molecule has 6 heteroatoms. The maximum Gasteiger partial charge on any atom is 0.194 e. The quantitative estimate of drug-likeness (QED) is 0.860. The predicted molar refractivity (Wildman–Crippen MR) is 69.8 cm³/mol.